The molecule has 0 aliphatic rings. The van der Waals surface area contributed by atoms with Gasteiger partial charge in [-0.1, -0.05) is 28.7 Å². The minimum atomic E-state index is -4.44. The van der Waals surface area contributed by atoms with E-state index in [1.54, 1.807) is 0 Å². The summed E-state index contributed by atoms with van der Waals surface area (Å²) < 4.78 is 33.4. The smallest absolute Gasteiger partial charge is 0.744 e. The summed E-state index contributed by atoms with van der Waals surface area (Å²) in [5.41, 5.74) is 4.01. The maximum Gasteiger partial charge on any atom is 1.00 e. The fourth-order valence-corrected chi connectivity index (χ4v) is 2.98. The zero-order valence-electron chi connectivity index (χ0n) is 12.0. The molecule has 23 heavy (non-hydrogen) atoms. The third kappa shape index (κ3) is 4.56. The summed E-state index contributed by atoms with van der Waals surface area (Å²) in [7, 11) is -4.44. The average Bonchev–Trinajstić information content (AvgIpc) is 2.89. The quantitative estimate of drug-likeness (QED) is 0.313. The largest absolute Gasteiger partial charge is 1.00 e. The van der Waals surface area contributed by atoms with Crippen LogP contribution in [-0.2, 0) is 10.1 Å². The topological polar surface area (TPSA) is 107 Å². The molecule has 0 spiro atoms. The van der Waals surface area contributed by atoms with Gasteiger partial charge in [0, 0.05) is 0 Å². The number of fused-ring (bicyclic) bond motifs is 1. The van der Waals surface area contributed by atoms with Crippen LogP contribution >= 0.6 is 11.3 Å². The van der Waals surface area contributed by atoms with Crippen LogP contribution in [0.1, 0.15) is 0 Å². The van der Waals surface area contributed by atoms with Crippen molar-refractivity contribution in [2.45, 2.75) is 4.90 Å². The molecule has 3 aromatic rings. The summed E-state index contributed by atoms with van der Waals surface area (Å²) in [5, 5.41) is 8.25. The number of aromatic nitrogens is 1. The van der Waals surface area contributed by atoms with Crippen LogP contribution in [0.3, 0.4) is 0 Å². The molecule has 0 aliphatic carbocycles. The predicted molar refractivity (Wildman–Crippen MR) is 82.2 cm³/mol. The molecule has 0 amide bonds. The summed E-state index contributed by atoms with van der Waals surface area (Å²) in [6.45, 7) is 0. The van der Waals surface area contributed by atoms with E-state index in [2.05, 4.69) is 20.7 Å². The average molecular weight is 356 g/mol. The van der Waals surface area contributed by atoms with Gasteiger partial charge in [-0.15, -0.1) is 5.11 Å². The fraction of sp³-hybridized carbons (Fsp3) is 0. The molecular formula is C13H9N4NaO3S2. The second-order valence-electron chi connectivity index (χ2n) is 4.25. The Morgan fingerprint density at radius 3 is 2.43 bits per heavy atom. The SMILES string of the molecule is O=S(=O)([O-])c1ccc(N/N=N/c2nc3ccccc3s2)cc1.[Na+]. The maximum absolute atomic E-state index is 10.8. The van der Waals surface area contributed by atoms with Crippen molar-refractivity contribution in [2.24, 2.45) is 10.3 Å². The van der Waals surface area contributed by atoms with Gasteiger partial charge >= 0.3 is 29.6 Å². The molecule has 0 radical (unpaired) electrons. The van der Waals surface area contributed by atoms with E-state index < -0.39 is 10.1 Å². The molecule has 1 aromatic heterocycles. The van der Waals surface area contributed by atoms with Crippen molar-refractivity contribution in [3.05, 3.63) is 48.5 Å². The number of anilines is 1. The molecule has 0 saturated heterocycles. The van der Waals surface area contributed by atoms with Crippen LogP contribution in [0.15, 0.2) is 63.8 Å². The Kier molecular flexibility index (Phi) is 5.84. The van der Waals surface area contributed by atoms with Crippen molar-refractivity contribution in [3.63, 3.8) is 0 Å². The molecule has 0 saturated carbocycles. The van der Waals surface area contributed by atoms with Crippen LogP contribution in [-0.4, -0.2) is 18.0 Å². The third-order valence-electron chi connectivity index (χ3n) is 2.74. The van der Waals surface area contributed by atoms with Gasteiger partial charge in [-0.05, 0) is 36.4 Å². The first-order valence-corrected chi connectivity index (χ1v) is 8.33. The Morgan fingerprint density at radius 2 is 1.78 bits per heavy atom. The van der Waals surface area contributed by atoms with Crippen LogP contribution in [0.4, 0.5) is 10.8 Å². The van der Waals surface area contributed by atoms with Crippen molar-refractivity contribution in [1.29, 1.82) is 0 Å². The Bertz CT molecular complexity index is 906. The number of nitrogens with zero attached hydrogens (tertiary/aromatic N) is 3. The van der Waals surface area contributed by atoms with Gasteiger partial charge in [0.15, 0.2) is 0 Å². The van der Waals surface area contributed by atoms with Crippen LogP contribution in [0, 0.1) is 0 Å². The fourth-order valence-electron chi connectivity index (χ4n) is 1.72. The van der Waals surface area contributed by atoms with E-state index in [1.165, 1.54) is 35.6 Å². The minimum Gasteiger partial charge on any atom is -0.744 e. The van der Waals surface area contributed by atoms with Gasteiger partial charge in [-0.25, -0.2) is 13.4 Å². The standard InChI is InChI=1S/C13H10N4O3S2.Na/c18-22(19,20)10-7-5-9(6-8-10)15-17-16-13-14-11-3-1-2-4-12(11)21-13;/h1-8H,(H,14,15,16)(H,18,19,20);/q;+1/p-1. The molecule has 0 fully saturated rings. The first-order chi connectivity index (χ1) is 10.5. The van der Waals surface area contributed by atoms with Gasteiger partial charge in [0.05, 0.1) is 20.8 Å². The predicted octanol–water partition coefficient (Wildman–Crippen LogP) is 0.315. The molecule has 3 rings (SSSR count). The Morgan fingerprint density at radius 1 is 1.09 bits per heavy atom. The molecule has 2 aromatic carbocycles. The third-order valence-corrected chi connectivity index (χ3v) is 4.51. The molecule has 0 atom stereocenters. The zero-order chi connectivity index (χ0) is 15.6. The van der Waals surface area contributed by atoms with Crippen molar-refractivity contribution >= 4 is 42.5 Å². The second-order valence-corrected chi connectivity index (χ2v) is 6.64. The molecule has 7 nitrogen and oxygen atoms in total. The normalized spacial score (nSPS) is 11.5. The number of thiazole rings is 1. The number of nitrogens with one attached hydrogen (secondary N) is 1. The number of benzene rings is 2. The van der Waals surface area contributed by atoms with E-state index in [0.29, 0.717) is 10.8 Å². The van der Waals surface area contributed by atoms with E-state index in [-0.39, 0.29) is 34.5 Å². The second kappa shape index (κ2) is 7.47. The van der Waals surface area contributed by atoms with Crippen LogP contribution in [0.2, 0.25) is 0 Å². The summed E-state index contributed by atoms with van der Waals surface area (Å²) in [5.74, 6) is 0. The molecule has 10 heteroatoms. The maximum atomic E-state index is 10.8. The molecule has 1 heterocycles. The minimum absolute atomic E-state index is 0. The van der Waals surface area contributed by atoms with Gasteiger partial charge in [0.2, 0.25) is 5.13 Å². The van der Waals surface area contributed by atoms with Crippen molar-refractivity contribution in [1.82, 2.24) is 4.98 Å². The van der Waals surface area contributed by atoms with Crippen molar-refractivity contribution in [3.8, 4) is 0 Å². The molecule has 1 N–H and O–H groups in total. The van der Waals surface area contributed by atoms with Crippen LogP contribution in [0.5, 0.6) is 0 Å². The zero-order valence-corrected chi connectivity index (χ0v) is 15.6. The van der Waals surface area contributed by atoms with E-state index in [0.717, 1.165) is 10.2 Å². The molecule has 0 aliphatic heterocycles. The number of hydrogen-bond donors (Lipinski definition) is 1. The summed E-state index contributed by atoms with van der Waals surface area (Å²) >= 11 is 1.41. The number of para-hydroxylation sites is 1. The van der Waals surface area contributed by atoms with Gasteiger partial charge in [-0.2, -0.15) is 0 Å². The van der Waals surface area contributed by atoms with Gasteiger partial charge in [0.1, 0.15) is 10.1 Å². The van der Waals surface area contributed by atoms with Gasteiger partial charge < -0.3 is 4.55 Å². The Labute approximate surface area is 158 Å². The van der Waals surface area contributed by atoms with E-state index in [9.17, 15) is 13.0 Å². The summed E-state index contributed by atoms with van der Waals surface area (Å²) in [6.07, 6.45) is 0. The van der Waals surface area contributed by atoms with Crippen LogP contribution in [0.25, 0.3) is 10.2 Å². The Balaban J connectivity index is 0.00000192. The molecular weight excluding hydrogens is 347 g/mol. The van der Waals surface area contributed by atoms with Crippen LogP contribution < -0.4 is 35.0 Å². The molecule has 0 bridgehead atoms. The van der Waals surface area contributed by atoms with Gasteiger partial charge in [0.25, 0.3) is 0 Å². The number of rotatable bonds is 4. The number of hydrogen-bond acceptors (Lipinski definition) is 7. The first kappa shape index (κ1) is 18.0. The van der Waals surface area contributed by atoms with Crippen molar-refractivity contribution in [2.75, 3.05) is 5.43 Å². The van der Waals surface area contributed by atoms with E-state index >= 15 is 0 Å². The van der Waals surface area contributed by atoms with E-state index in [4.69, 9.17) is 0 Å². The van der Waals surface area contributed by atoms with Gasteiger partial charge in [-0.3, -0.25) is 5.43 Å². The Hall–Kier alpha value is -1.36. The van der Waals surface area contributed by atoms with Crippen molar-refractivity contribution < 1.29 is 42.5 Å². The monoisotopic (exact) mass is 356 g/mol. The van der Waals surface area contributed by atoms with E-state index in [1.807, 2.05) is 24.3 Å². The first-order valence-electron chi connectivity index (χ1n) is 6.11. The summed E-state index contributed by atoms with van der Waals surface area (Å²) in [6, 6.07) is 12.9. The molecule has 0 unspecified atom stereocenters. The summed E-state index contributed by atoms with van der Waals surface area (Å²) in [4.78, 5) is 4.00. The molecule has 112 valence electrons.